The molecule has 114 valence electrons. The summed E-state index contributed by atoms with van der Waals surface area (Å²) in [7, 11) is 0. The highest BCUT2D eigenvalue weighted by Gasteiger charge is 2.10. The molecule has 3 rings (SSSR count). The molecule has 0 amide bonds. The van der Waals surface area contributed by atoms with Gasteiger partial charge in [-0.25, -0.2) is 4.79 Å². The van der Waals surface area contributed by atoms with Crippen LogP contribution in [0.3, 0.4) is 0 Å². The third-order valence-corrected chi connectivity index (χ3v) is 2.99. The number of hydrogen-bond donors (Lipinski definition) is 1. The van der Waals surface area contributed by atoms with Crippen molar-refractivity contribution >= 4 is 17.9 Å². The summed E-state index contributed by atoms with van der Waals surface area (Å²) in [6, 6.07) is 19.9. The number of carbonyl (C=O) groups excluding carboxylic acids is 1. The van der Waals surface area contributed by atoms with Crippen molar-refractivity contribution in [1.29, 1.82) is 0 Å². The number of benzene rings is 2. The van der Waals surface area contributed by atoms with E-state index in [4.69, 9.17) is 9.15 Å². The van der Waals surface area contributed by atoms with Crippen molar-refractivity contribution in [2.75, 3.05) is 5.43 Å². The van der Waals surface area contributed by atoms with Gasteiger partial charge in [0.05, 0.1) is 18.2 Å². The van der Waals surface area contributed by atoms with Gasteiger partial charge in [0, 0.05) is 0 Å². The van der Waals surface area contributed by atoms with Crippen molar-refractivity contribution in [2.24, 2.45) is 5.10 Å². The number of furan rings is 1. The van der Waals surface area contributed by atoms with Gasteiger partial charge < -0.3 is 9.15 Å². The second-order valence-corrected chi connectivity index (χ2v) is 4.67. The van der Waals surface area contributed by atoms with Crippen LogP contribution < -0.4 is 10.2 Å². The fourth-order valence-electron chi connectivity index (χ4n) is 1.87. The molecular formula is C18H14N2O3. The predicted molar refractivity (Wildman–Crippen MR) is 87.8 cm³/mol. The normalized spacial score (nSPS) is 10.6. The Balaban J connectivity index is 1.57. The highest BCUT2D eigenvalue weighted by atomic mass is 16.5. The van der Waals surface area contributed by atoms with Crippen molar-refractivity contribution in [3.63, 3.8) is 0 Å². The van der Waals surface area contributed by atoms with E-state index in [0.717, 1.165) is 11.3 Å². The second kappa shape index (κ2) is 7.09. The average molecular weight is 306 g/mol. The summed E-state index contributed by atoms with van der Waals surface area (Å²) in [4.78, 5) is 11.7. The molecule has 2 aromatic carbocycles. The topological polar surface area (TPSA) is 63.8 Å². The lowest BCUT2D eigenvalue weighted by Gasteiger charge is -2.02. The molecule has 5 heteroatoms. The summed E-state index contributed by atoms with van der Waals surface area (Å²) in [6.45, 7) is 0. The standard InChI is InChI=1S/C18H14N2O3/c21-18(17-7-4-12-22-17)23-16-10-8-14(9-11-16)13-19-20-15-5-2-1-3-6-15/h1-13,20H. The molecule has 1 aromatic heterocycles. The zero-order valence-corrected chi connectivity index (χ0v) is 12.2. The number of hydrazone groups is 1. The average Bonchev–Trinajstić information content (AvgIpc) is 3.12. The highest BCUT2D eigenvalue weighted by molar-refractivity contribution is 5.88. The largest absolute Gasteiger partial charge is 0.457 e. The van der Waals surface area contributed by atoms with Gasteiger partial charge in [0.2, 0.25) is 5.76 Å². The molecule has 0 aliphatic rings. The summed E-state index contributed by atoms with van der Waals surface area (Å²) in [6.07, 6.45) is 3.11. The van der Waals surface area contributed by atoms with Crippen LogP contribution in [-0.4, -0.2) is 12.2 Å². The first-order chi connectivity index (χ1) is 11.3. The summed E-state index contributed by atoms with van der Waals surface area (Å²) in [5, 5.41) is 4.15. The number of para-hydroxylation sites is 1. The van der Waals surface area contributed by atoms with E-state index in [0.29, 0.717) is 5.75 Å². The van der Waals surface area contributed by atoms with E-state index >= 15 is 0 Å². The summed E-state index contributed by atoms with van der Waals surface area (Å²) in [5.74, 6) is 0.0874. The summed E-state index contributed by atoms with van der Waals surface area (Å²) < 4.78 is 10.2. The van der Waals surface area contributed by atoms with Crippen LogP contribution in [-0.2, 0) is 0 Å². The number of carbonyl (C=O) groups is 1. The number of hydrogen-bond acceptors (Lipinski definition) is 5. The fourth-order valence-corrected chi connectivity index (χ4v) is 1.87. The Morgan fingerprint density at radius 3 is 2.48 bits per heavy atom. The molecule has 0 unspecified atom stereocenters. The first-order valence-electron chi connectivity index (χ1n) is 7.01. The van der Waals surface area contributed by atoms with Gasteiger partial charge in [-0.2, -0.15) is 5.10 Å². The van der Waals surface area contributed by atoms with E-state index in [1.54, 1.807) is 42.6 Å². The zero-order chi connectivity index (χ0) is 15.9. The van der Waals surface area contributed by atoms with Crippen LogP contribution in [0.1, 0.15) is 16.1 Å². The number of rotatable bonds is 5. The van der Waals surface area contributed by atoms with Crippen molar-refractivity contribution in [2.45, 2.75) is 0 Å². The molecule has 1 heterocycles. The Labute approximate surface area is 133 Å². The molecule has 0 fully saturated rings. The second-order valence-electron chi connectivity index (χ2n) is 4.67. The Hall–Kier alpha value is -3.34. The Morgan fingerprint density at radius 2 is 1.78 bits per heavy atom. The molecule has 0 bridgehead atoms. The Morgan fingerprint density at radius 1 is 1.00 bits per heavy atom. The lowest BCUT2D eigenvalue weighted by molar-refractivity contribution is 0.0701. The molecule has 0 radical (unpaired) electrons. The monoisotopic (exact) mass is 306 g/mol. The summed E-state index contributed by atoms with van der Waals surface area (Å²) in [5.41, 5.74) is 4.72. The van der Waals surface area contributed by atoms with Crippen molar-refractivity contribution < 1.29 is 13.9 Å². The van der Waals surface area contributed by atoms with Crippen LogP contribution >= 0.6 is 0 Å². The molecule has 1 N–H and O–H groups in total. The lowest BCUT2D eigenvalue weighted by atomic mass is 10.2. The van der Waals surface area contributed by atoms with Crippen LogP contribution in [0.15, 0.2) is 82.5 Å². The smallest absolute Gasteiger partial charge is 0.379 e. The minimum atomic E-state index is -0.526. The maximum atomic E-state index is 11.7. The fraction of sp³-hybridized carbons (Fsp3) is 0. The van der Waals surface area contributed by atoms with E-state index < -0.39 is 5.97 Å². The first kappa shape index (κ1) is 14.6. The van der Waals surface area contributed by atoms with E-state index in [1.165, 1.54) is 6.26 Å². The van der Waals surface area contributed by atoms with Gasteiger partial charge in [-0.3, -0.25) is 5.43 Å². The molecule has 0 saturated heterocycles. The van der Waals surface area contributed by atoms with Crippen molar-refractivity contribution in [3.05, 3.63) is 84.3 Å². The van der Waals surface area contributed by atoms with E-state index in [-0.39, 0.29) is 5.76 Å². The minimum absolute atomic E-state index is 0.169. The molecule has 0 aliphatic carbocycles. The maximum absolute atomic E-state index is 11.7. The molecular weight excluding hydrogens is 292 g/mol. The molecule has 0 saturated carbocycles. The van der Waals surface area contributed by atoms with Gasteiger partial charge in [0.25, 0.3) is 0 Å². The van der Waals surface area contributed by atoms with Gasteiger partial charge in [-0.1, -0.05) is 18.2 Å². The van der Waals surface area contributed by atoms with E-state index in [1.807, 2.05) is 30.3 Å². The molecule has 0 atom stereocenters. The van der Waals surface area contributed by atoms with Crippen LogP contribution in [0.4, 0.5) is 5.69 Å². The number of ether oxygens (including phenoxy) is 1. The molecule has 0 spiro atoms. The minimum Gasteiger partial charge on any atom is -0.457 e. The number of anilines is 1. The number of nitrogens with zero attached hydrogens (tertiary/aromatic N) is 1. The molecule has 3 aromatic rings. The zero-order valence-electron chi connectivity index (χ0n) is 12.2. The lowest BCUT2D eigenvalue weighted by Crippen LogP contribution is -2.07. The third kappa shape index (κ3) is 4.07. The first-order valence-corrected chi connectivity index (χ1v) is 7.01. The van der Waals surface area contributed by atoms with E-state index in [9.17, 15) is 4.79 Å². The third-order valence-electron chi connectivity index (χ3n) is 2.99. The van der Waals surface area contributed by atoms with Gasteiger partial charge in [0.15, 0.2) is 0 Å². The molecule has 23 heavy (non-hydrogen) atoms. The van der Waals surface area contributed by atoms with Crippen LogP contribution in [0.2, 0.25) is 0 Å². The molecule has 5 nitrogen and oxygen atoms in total. The SMILES string of the molecule is O=C(Oc1ccc(C=NNc2ccccc2)cc1)c1ccco1. The predicted octanol–water partition coefficient (Wildman–Crippen LogP) is 3.94. The van der Waals surface area contributed by atoms with Crippen molar-refractivity contribution in [1.82, 2.24) is 0 Å². The van der Waals surface area contributed by atoms with Gasteiger partial charge >= 0.3 is 5.97 Å². The molecule has 0 aliphatic heterocycles. The van der Waals surface area contributed by atoms with Gasteiger partial charge in [-0.05, 0) is 54.1 Å². The number of nitrogens with one attached hydrogen (secondary N) is 1. The van der Waals surface area contributed by atoms with Crippen LogP contribution in [0.5, 0.6) is 5.75 Å². The van der Waals surface area contributed by atoms with Crippen LogP contribution in [0.25, 0.3) is 0 Å². The Kier molecular flexibility index (Phi) is 4.49. The highest BCUT2D eigenvalue weighted by Crippen LogP contribution is 2.14. The quantitative estimate of drug-likeness (QED) is 0.335. The maximum Gasteiger partial charge on any atom is 0.379 e. The van der Waals surface area contributed by atoms with Crippen LogP contribution in [0, 0.1) is 0 Å². The van der Waals surface area contributed by atoms with Crippen molar-refractivity contribution in [3.8, 4) is 5.75 Å². The van der Waals surface area contributed by atoms with E-state index in [2.05, 4.69) is 10.5 Å². The van der Waals surface area contributed by atoms with Gasteiger partial charge in [-0.15, -0.1) is 0 Å². The summed E-state index contributed by atoms with van der Waals surface area (Å²) >= 11 is 0. The Bertz CT molecular complexity index is 779. The van der Waals surface area contributed by atoms with Gasteiger partial charge in [0.1, 0.15) is 5.75 Å². The number of esters is 1.